The standard InChI is InChI=1S/C16H17NO4S/c1-3-20-13-7-5-4-6-12(13)17-15(18)10-21-16(19)14-9-8-11(2)22-14/h4-9H,3,10H2,1-2H3,(H,17,18). The zero-order chi connectivity index (χ0) is 15.9. The zero-order valence-electron chi connectivity index (χ0n) is 12.4. The van der Waals surface area contributed by atoms with Gasteiger partial charge in [0.05, 0.1) is 12.3 Å². The Morgan fingerprint density at radius 1 is 1.18 bits per heavy atom. The minimum atomic E-state index is -0.494. The van der Waals surface area contributed by atoms with E-state index in [0.717, 1.165) is 4.88 Å². The van der Waals surface area contributed by atoms with Gasteiger partial charge in [0.25, 0.3) is 5.91 Å². The molecule has 5 nitrogen and oxygen atoms in total. The summed E-state index contributed by atoms with van der Waals surface area (Å²) in [6.07, 6.45) is 0. The summed E-state index contributed by atoms with van der Waals surface area (Å²) < 4.78 is 10.4. The third kappa shape index (κ3) is 4.33. The molecule has 6 heteroatoms. The van der Waals surface area contributed by atoms with Crippen LogP contribution in [0.5, 0.6) is 5.75 Å². The van der Waals surface area contributed by atoms with Crippen molar-refractivity contribution in [1.82, 2.24) is 0 Å². The monoisotopic (exact) mass is 319 g/mol. The Bertz CT molecular complexity index is 666. The molecule has 0 atom stereocenters. The fourth-order valence-electron chi connectivity index (χ4n) is 1.78. The highest BCUT2D eigenvalue weighted by Gasteiger charge is 2.13. The molecule has 116 valence electrons. The summed E-state index contributed by atoms with van der Waals surface area (Å²) in [5.41, 5.74) is 0.553. The molecule has 0 bridgehead atoms. The highest BCUT2D eigenvalue weighted by Crippen LogP contribution is 2.23. The first-order chi connectivity index (χ1) is 10.6. The molecule has 0 aliphatic carbocycles. The largest absolute Gasteiger partial charge is 0.492 e. The van der Waals surface area contributed by atoms with Crippen LogP contribution in [0.2, 0.25) is 0 Å². The number of hydrogen-bond acceptors (Lipinski definition) is 5. The second-order valence-electron chi connectivity index (χ2n) is 4.46. The van der Waals surface area contributed by atoms with E-state index in [-0.39, 0.29) is 6.61 Å². The van der Waals surface area contributed by atoms with Gasteiger partial charge in [0.15, 0.2) is 6.61 Å². The van der Waals surface area contributed by atoms with Gasteiger partial charge in [0.1, 0.15) is 10.6 Å². The van der Waals surface area contributed by atoms with Gasteiger partial charge in [-0.05, 0) is 38.1 Å². The van der Waals surface area contributed by atoms with Crippen molar-refractivity contribution in [1.29, 1.82) is 0 Å². The second kappa shape index (κ2) is 7.61. The number of anilines is 1. The van der Waals surface area contributed by atoms with E-state index >= 15 is 0 Å². The number of hydrogen-bond donors (Lipinski definition) is 1. The Kier molecular flexibility index (Phi) is 5.55. The van der Waals surface area contributed by atoms with E-state index < -0.39 is 11.9 Å². The van der Waals surface area contributed by atoms with Crippen LogP contribution in [0.15, 0.2) is 36.4 Å². The summed E-state index contributed by atoms with van der Waals surface area (Å²) in [5, 5.41) is 2.67. The van der Waals surface area contributed by atoms with Crippen LogP contribution in [0, 0.1) is 6.92 Å². The lowest BCUT2D eigenvalue weighted by Crippen LogP contribution is -2.21. The summed E-state index contributed by atoms with van der Waals surface area (Å²) in [6, 6.07) is 10.6. The molecule has 1 amide bonds. The van der Waals surface area contributed by atoms with Crippen molar-refractivity contribution in [3.63, 3.8) is 0 Å². The smallest absolute Gasteiger partial charge is 0.348 e. The van der Waals surface area contributed by atoms with Gasteiger partial charge in [0, 0.05) is 4.88 Å². The number of thiophene rings is 1. The van der Waals surface area contributed by atoms with Crippen molar-refractivity contribution >= 4 is 28.9 Å². The first-order valence-electron chi connectivity index (χ1n) is 6.85. The van der Waals surface area contributed by atoms with Gasteiger partial charge in [-0.2, -0.15) is 0 Å². The molecule has 1 N–H and O–H groups in total. The molecular weight excluding hydrogens is 302 g/mol. The Balaban J connectivity index is 1.89. The number of ether oxygens (including phenoxy) is 2. The van der Waals surface area contributed by atoms with Crippen LogP contribution in [0.1, 0.15) is 21.5 Å². The topological polar surface area (TPSA) is 64.6 Å². The van der Waals surface area contributed by atoms with Crippen LogP contribution < -0.4 is 10.1 Å². The molecular formula is C16H17NO4S. The predicted molar refractivity (Wildman–Crippen MR) is 85.6 cm³/mol. The van der Waals surface area contributed by atoms with Crippen molar-refractivity contribution in [3.05, 3.63) is 46.2 Å². The molecule has 0 spiro atoms. The van der Waals surface area contributed by atoms with Crippen molar-refractivity contribution < 1.29 is 19.1 Å². The van der Waals surface area contributed by atoms with Gasteiger partial charge in [0.2, 0.25) is 0 Å². The third-order valence-electron chi connectivity index (χ3n) is 2.74. The number of carbonyl (C=O) groups is 2. The molecule has 0 saturated heterocycles. The van der Waals surface area contributed by atoms with Gasteiger partial charge in [-0.3, -0.25) is 4.79 Å². The number of carbonyl (C=O) groups excluding carboxylic acids is 2. The highest BCUT2D eigenvalue weighted by molar-refractivity contribution is 7.13. The lowest BCUT2D eigenvalue weighted by atomic mass is 10.3. The quantitative estimate of drug-likeness (QED) is 0.830. The number of nitrogens with one attached hydrogen (secondary N) is 1. The Labute approximate surface area is 132 Å². The van der Waals surface area contributed by atoms with Crippen LogP contribution in [-0.4, -0.2) is 25.1 Å². The number of aryl methyl sites for hydroxylation is 1. The Hall–Kier alpha value is -2.34. The van der Waals surface area contributed by atoms with Crippen molar-refractivity contribution in [2.45, 2.75) is 13.8 Å². The maximum Gasteiger partial charge on any atom is 0.348 e. The number of rotatable bonds is 6. The average molecular weight is 319 g/mol. The minimum absolute atomic E-state index is 0.337. The summed E-state index contributed by atoms with van der Waals surface area (Å²) in [7, 11) is 0. The van der Waals surface area contributed by atoms with E-state index in [9.17, 15) is 9.59 Å². The van der Waals surface area contributed by atoms with Gasteiger partial charge >= 0.3 is 5.97 Å². The van der Waals surface area contributed by atoms with Crippen molar-refractivity contribution in [2.75, 3.05) is 18.5 Å². The molecule has 1 aromatic heterocycles. The number of benzene rings is 1. The van der Waals surface area contributed by atoms with Crippen LogP contribution >= 0.6 is 11.3 Å². The molecule has 0 radical (unpaired) electrons. The minimum Gasteiger partial charge on any atom is -0.492 e. The zero-order valence-corrected chi connectivity index (χ0v) is 13.2. The fraction of sp³-hybridized carbons (Fsp3) is 0.250. The molecule has 0 aliphatic heterocycles. The lowest BCUT2D eigenvalue weighted by molar-refractivity contribution is -0.119. The van der Waals surface area contributed by atoms with E-state index in [1.807, 2.05) is 26.0 Å². The fourth-order valence-corrected chi connectivity index (χ4v) is 2.55. The van der Waals surface area contributed by atoms with Crippen LogP contribution in [0.25, 0.3) is 0 Å². The summed E-state index contributed by atoms with van der Waals surface area (Å²) in [6.45, 7) is 3.93. The van der Waals surface area contributed by atoms with Gasteiger partial charge in [-0.1, -0.05) is 12.1 Å². The van der Waals surface area contributed by atoms with Gasteiger partial charge in [-0.15, -0.1) is 11.3 Å². The molecule has 0 unspecified atom stereocenters. The number of amides is 1. The van der Waals surface area contributed by atoms with Crippen LogP contribution in [0.4, 0.5) is 5.69 Å². The van der Waals surface area contributed by atoms with Gasteiger partial charge < -0.3 is 14.8 Å². The summed E-state index contributed by atoms with van der Waals surface area (Å²) >= 11 is 1.33. The SMILES string of the molecule is CCOc1ccccc1NC(=O)COC(=O)c1ccc(C)s1. The van der Waals surface area contributed by atoms with Gasteiger partial charge in [-0.25, -0.2) is 4.79 Å². The van der Waals surface area contributed by atoms with E-state index in [1.54, 1.807) is 24.3 Å². The van der Waals surface area contributed by atoms with E-state index in [0.29, 0.717) is 22.9 Å². The Morgan fingerprint density at radius 2 is 1.95 bits per heavy atom. The van der Waals surface area contributed by atoms with Crippen molar-refractivity contribution in [2.24, 2.45) is 0 Å². The molecule has 0 saturated carbocycles. The number of esters is 1. The second-order valence-corrected chi connectivity index (χ2v) is 5.75. The average Bonchev–Trinajstić information content (AvgIpc) is 2.94. The molecule has 2 aromatic rings. The lowest BCUT2D eigenvalue weighted by Gasteiger charge is -2.11. The number of para-hydroxylation sites is 2. The van der Waals surface area contributed by atoms with E-state index in [1.165, 1.54) is 11.3 Å². The maximum absolute atomic E-state index is 11.9. The molecule has 2 rings (SSSR count). The third-order valence-corrected chi connectivity index (χ3v) is 3.72. The highest BCUT2D eigenvalue weighted by atomic mass is 32.1. The predicted octanol–water partition coefficient (Wildman–Crippen LogP) is 3.25. The molecule has 0 aliphatic rings. The van der Waals surface area contributed by atoms with E-state index in [4.69, 9.17) is 9.47 Å². The van der Waals surface area contributed by atoms with Crippen LogP contribution in [-0.2, 0) is 9.53 Å². The first-order valence-corrected chi connectivity index (χ1v) is 7.67. The summed E-state index contributed by atoms with van der Waals surface area (Å²) in [4.78, 5) is 25.1. The summed E-state index contributed by atoms with van der Waals surface area (Å²) in [5.74, 6) is -0.321. The molecule has 0 fully saturated rings. The van der Waals surface area contributed by atoms with Crippen LogP contribution in [0.3, 0.4) is 0 Å². The molecule has 1 heterocycles. The van der Waals surface area contributed by atoms with E-state index in [2.05, 4.69) is 5.32 Å². The molecule has 1 aromatic carbocycles. The normalized spacial score (nSPS) is 10.1. The first kappa shape index (κ1) is 16.0. The Morgan fingerprint density at radius 3 is 2.64 bits per heavy atom. The van der Waals surface area contributed by atoms with Crippen molar-refractivity contribution in [3.8, 4) is 5.75 Å². The molecule has 22 heavy (non-hydrogen) atoms. The maximum atomic E-state index is 11.9.